The number of nitrogens with one attached hydrogen (secondary N) is 1. The molecular weight excluding hydrogens is 457 g/mol. The first-order valence-electron chi connectivity index (χ1n) is 9.16. The normalized spacial score (nSPS) is 11.8. The van der Waals surface area contributed by atoms with Crippen LogP contribution >= 0.6 is 11.6 Å². The van der Waals surface area contributed by atoms with Crippen LogP contribution in [0.15, 0.2) is 42.5 Å². The van der Waals surface area contributed by atoms with Gasteiger partial charge in [0, 0.05) is 6.54 Å². The summed E-state index contributed by atoms with van der Waals surface area (Å²) in [6.45, 7) is -0.429. The first-order chi connectivity index (χ1) is 14.4. The number of halogens is 4. The van der Waals surface area contributed by atoms with Crippen LogP contribution in [0.4, 0.5) is 18.9 Å². The van der Waals surface area contributed by atoms with Crippen LogP contribution < -0.4 is 14.4 Å². The van der Waals surface area contributed by atoms with Gasteiger partial charge in [0.1, 0.15) is 12.3 Å². The van der Waals surface area contributed by atoms with Gasteiger partial charge in [0.2, 0.25) is 15.9 Å². The molecule has 0 aliphatic heterocycles. The van der Waals surface area contributed by atoms with E-state index in [2.05, 4.69) is 5.32 Å². The standard InChI is InChI=1S/C20H22ClF3N2O4S/c1-30-16-8-5-14(6-9-16)4-3-11-25-19(27)13-26(31(2,28)29)18-12-15(20(22,23)24)7-10-17(18)21/h5-10,12H,3-4,11,13H2,1-2H3,(H,25,27). The summed E-state index contributed by atoms with van der Waals surface area (Å²) in [5.41, 5.74) is -0.448. The van der Waals surface area contributed by atoms with Gasteiger partial charge in [-0.05, 0) is 48.7 Å². The predicted molar refractivity (Wildman–Crippen MR) is 113 cm³/mol. The zero-order chi connectivity index (χ0) is 23.2. The van der Waals surface area contributed by atoms with Crippen molar-refractivity contribution in [2.45, 2.75) is 19.0 Å². The fraction of sp³-hybridized carbons (Fsp3) is 0.350. The summed E-state index contributed by atoms with van der Waals surface area (Å²) in [6.07, 6.45) is -2.65. The second-order valence-electron chi connectivity index (χ2n) is 6.74. The number of alkyl halides is 3. The lowest BCUT2D eigenvalue weighted by atomic mass is 10.1. The van der Waals surface area contributed by atoms with Gasteiger partial charge in [0.05, 0.1) is 29.6 Å². The van der Waals surface area contributed by atoms with E-state index in [1.54, 1.807) is 7.11 Å². The van der Waals surface area contributed by atoms with Crippen LogP contribution in [0.1, 0.15) is 17.5 Å². The lowest BCUT2D eigenvalue weighted by Gasteiger charge is -2.24. The molecule has 0 radical (unpaired) electrons. The Morgan fingerprint density at radius 2 is 1.81 bits per heavy atom. The Bertz CT molecular complexity index is 1010. The van der Waals surface area contributed by atoms with Crippen molar-refractivity contribution < 1.29 is 31.1 Å². The molecule has 2 aromatic rings. The molecule has 0 fully saturated rings. The summed E-state index contributed by atoms with van der Waals surface area (Å²) in [7, 11) is -2.50. The van der Waals surface area contributed by atoms with Gasteiger partial charge in [-0.1, -0.05) is 23.7 Å². The van der Waals surface area contributed by atoms with Crippen molar-refractivity contribution in [1.82, 2.24) is 5.32 Å². The minimum atomic E-state index is -4.69. The minimum absolute atomic E-state index is 0.217. The summed E-state index contributed by atoms with van der Waals surface area (Å²) in [4.78, 5) is 12.3. The van der Waals surface area contributed by atoms with Crippen molar-refractivity contribution in [2.24, 2.45) is 0 Å². The van der Waals surface area contributed by atoms with E-state index in [1.807, 2.05) is 24.3 Å². The summed E-state index contributed by atoms with van der Waals surface area (Å²) >= 11 is 5.93. The molecule has 0 aliphatic rings. The van der Waals surface area contributed by atoms with E-state index in [1.165, 1.54) is 0 Å². The highest BCUT2D eigenvalue weighted by Crippen LogP contribution is 2.36. The van der Waals surface area contributed by atoms with Crippen molar-refractivity contribution >= 4 is 33.2 Å². The molecule has 6 nitrogen and oxygen atoms in total. The Balaban J connectivity index is 2.02. The molecule has 1 amide bonds. The summed E-state index contributed by atoms with van der Waals surface area (Å²) in [6, 6.07) is 9.72. The average Bonchev–Trinajstić information content (AvgIpc) is 2.69. The van der Waals surface area contributed by atoms with Crippen LogP contribution in [0.2, 0.25) is 5.02 Å². The summed E-state index contributed by atoms with van der Waals surface area (Å²) in [5, 5.41) is 2.36. The highest BCUT2D eigenvalue weighted by atomic mass is 35.5. The van der Waals surface area contributed by atoms with Crippen molar-refractivity contribution in [3.05, 3.63) is 58.6 Å². The Labute approximate surface area is 184 Å². The van der Waals surface area contributed by atoms with Crippen LogP contribution in [0, 0.1) is 0 Å². The van der Waals surface area contributed by atoms with Gasteiger partial charge in [-0.3, -0.25) is 9.10 Å². The van der Waals surface area contributed by atoms with E-state index >= 15 is 0 Å². The number of ether oxygens (including phenoxy) is 1. The lowest BCUT2D eigenvalue weighted by molar-refractivity contribution is -0.137. The molecule has 0 saturated heterocycles. The number of aryl methyl sites for hydroxylation is 1. The van der Waals surface area contributed by atoms with Gasteiger partial charge in [-0.2, -0.15) is 13.2 Å². The number of carbonyl (C=O) groups excluding carboxylic acids is 1. The van der Waals surface area contributed by atoms with Gasteiger partial charge in [-0.25, -0.2) is 8.42 Å². The number of anilines is 1. The van der Waals surface area contributed by atoms with Crippen LogP contribution in [0.25, 0.3) is 0 Å². The number of carbonyl (C=O) groups is 1. The predicted octanol–water partition coefficient (Wildman–Crippen LogP) is 3.88. The molecule has 0 heterocycles. The smallest absolute Gasteiger partial charge is 0.416 e. The van der Waals surface area contributed by atoms with Crippen molar-refractivity contribution in [2.75, 3.05) is 30.8 Å². The molecule has 0 saturated carbocycles. The number of hydrogen-bond donors (Lipinski definition) is 1. The maximum Gasteiger partial charge on any atom is 0.416 e. The molecule has 0 atom stereocenters. The first-order valence-corrected chi connectivity index (χ1v) is 11.4. The maximum absolute atomic E-state index is 13.0. The highest BCUT2D eigenvalue weighted by Gasteiger charge is 2.33. The monoisotopic (exact) mass is 478 g/mol. The molecule has 0 aliphatic carbocycles. The SMILES string of the molecule is COc1ccc(CCCNC(=O)CN(c2cc(C(F)(F)F)ccc2Cl)S(C)(=O)=O)cc1. The number of methoxy groups -OCH3 is 1. The molecule has 31 heavy (non-hydrogen) atoms. The Morgan fingerprint density at radius 3 is 2.35 bits per heavy atom. The van der Waals surface area contributed by atoms with Crippen LogP contribution in [0.5, 0.6) is 5.75 Å². The van der Waals surface area contributed by atoms with Gasteiger partial charge >= 0.3 is 6.18 Å². The van der Waals surface area contributed by atoms with Crippen LogP contribution in [0.3, 0.4) is 0 Å². The number of sulfonamides is 1. The third kappa shape index (κ3) is 7.32. The van der Waals surface area contributed by atoms with Crippen LogP contribution in [-0.4, -0.2) is 40.8 Å². The second kappa shape index (κ2) is 10.2. The highest BCUT2D eigenvalue weighted by molar-refractivity contribution is 7.92. The quantitative estimate of drug-likeness (QED) is 0.555. The number of hydrogen-bond acceptors (Lipinski definition) is 4. The van der Waals surface area contributed by atoms with E-state index < -0.39 is 39.9 Å². The van der Waals surface area contributed by atoms with E-state index in [4.69, 9.17) is 16.3 Å². The molecule has 0 spiro atoms. The van der Waals surface area contributed by atoms with Crippen LogP contribution in [-0.2, 0) is 27.4 Å². The van der Waals surface area contributed by atoms with Gasteiger partial charge in [-0.15, -0.1) is 0 Å². The Hall–Kier alpha value is -2.46. The molecular formula is C20H22ClF3N2O4S. The number of nitrogens with zero attached hydrogens (tertiary/aromatic N) is 1. The van der Waals surface area contributed by atoms with Crippen molar-refractivity contribution in [1.29, 1.82) is 0 Å². The van der Waals surface area contributed by atoms with Crippen molar-refractivity contribution in [3.8, 4) is 5.75 Å². The second-order valence-corrected chi connectivity index (χ2v) is 9.05. The molecule has 2 rings (SSSR count). The summed E-state index contributed by atoms with van der Waals surface area (Å²) in [5.74, 6) is 0.0693. The largest absolute Gasteiger partial charge is 0.497 e. The first kappa shape index (κ1) is 24.8. The average molecular weight is 479 g/mol. The topological polar surface area (TPSA) is 75.7 Å². The van der Waals surface area contributed by atoms with Gasteiger partial charge in [0.15, 0.2) is 0 Å². The summed E-state index contributed by atoms with van der Waals surface area (Å²) < 4.78 is 69.0. The Kier molecular flexibility index (Phi) is 8.19. The molecule has 170 valence electrons. The van der Waals surface area contributed by atoms with Gasteiger partial charge in [0.25, 0.3) is 0 Å². The van der Waals surface area contributed by atoms with E-state index in [0.29, 0.717) is 23.2 Å². The van der Waals surface area contributed by atoms with E-state index in [9.17, 15) is 26.4 Å². The fourth-order valence-electron chi connectivity index (χ4n) is 2.76. The maximum atomic E-state index is 13.0. The molecule has 0 bridgehead atoms. The minimum Gasteiger partial charge on any atom is -0.497 e. The molecule has 11 heteroatoms. The zero-order valence-electron chi connectivity index (χ0n) is 16.9. The van der Waals surface area contributed by atoms with Gasteiger partial charge < -0.3 is 10.1 Å². The van der Waals surface area contributed by atoms with E-state index in [-0.39, 0.29) is 11.6 Å². The molecule has 0 aromatic heterocycles. The number of amides is 1. The zero-order valence-corrected chi connectivity index (χ0v) is 18.4. The van der Waals surface area contributed by atoms with Crippen molar-refractivity contribution in [3.63, 3.8) is 0 Å². The third-order valence-corrected chi connectivity index (χ3v) is 5.80. The third-order valence-electron chi connectivity index (χ3n) is 4.35. The molecule has 1 N–H and O–H groups in total. The fourth-order valence-corrected chi connectivity index (χ4v) is 3.89. The Morgan fingerprint density at radius 1 is 1.16 bits per heavy atom. The number of rotatable bonds is 9. The molecule has 0 unspecified atom stereocenters. The lowest BCUT2D eigenvalue weighted by Crippen LogP contribution is -2.41. The molecule has 2 aromatic carbocycles. The van der Waals surface area contributed by atoms with E-state index in [0.717, 1.165) is 29.7 Å². The number of benzene rings is 2.